The van der Waals surface area contributed by atoms with Gasteiger partial charge in [-0.15, -0.1) is 4.72 Å². The minimum Gasteiger partial charge on any atom is -0.598 e. The zero-order chi connectivity index (χ0) is 32.1. The molecule has 44 heavy (non-hydrogen) atoms. The van der Waals surface area contributed by atoms with Gasteiger partial charge in [0.2, 0.25) is 5.92 Å². The van der Waals surface area contributed by atoms with Crippen molar-refractivity contribution in [1.82, 2.24) is 29.5 Å². The molecule has 4 aromatic rings. The quantitative estimate of drug-likeness (QED) is 0.149. The van der Waals surface area contributed by atoms with Crippen molar-refractivity contribution in [2.75, 3.05) is 0 Å². The van der Waals surface area contributed by atoms with Gasteiger partial charge in [0.1, 0.15) is 4.75 Å². The summed E-state index contributed by atoms with van der Waals surface area (Å²) < 4.78 is 51.4. The summed E-state index contributed by atoms with van der Waals surface area (Å²) in [4.78, 5) is 14.1. The lowest BCUT2D eigenvalue weighted by atomic mass is 9.75. The lowest BCUT2D eigenvalue weighted by Crippen LogP contribution is -2.48. The fourth-order valence-electron chi connectivity index (χ4n) is 4.79. The highest BCUT2D eigenvalue weighted by atomic mass is 32.2. The number of nitrogens with one attached hydrogen (secondary N) is 1. The Balaban J connectivity index is 1.44. The molecule has 1 aliphatic rings. The van der Waals surface area contributed by atoms with E-state index in [1.54, 1.807) is 17.1 Å². The Labute approximate surface area is 262 Å². The van der Waals surface area contributed by atoms with Gasteiger partial charge >= 0.3 is 0 Å². The number of fused-ring (bicyclic) bond motifs is 1. The third-order valence-corrected chi connectivity index (χ3v) is 14.7. The molecule has 1 fully saturated rings. The monoisotopic (exact) mass is 640 g/mol. The topological polar surface area (TPSA) is 101 Å². The predicted octanol–water partition coefficient (Wildman–Crippen LogP) is 7.54. The average Bonchev–Trinajstić information content (AvgIpc) is 3.36. The molecule has 1 N–H and O–H groups in total. The molecule has 2 atom stereocenters. The number of nitrogens with zero attached hydrogens (tertiary/aromatic N) is 5. The fraction of sp³-hybridized carbons (Fsp3) is 0.500. The van der Waals surface area contributed by atoms with Crippen molar-refractivity contribution in [1.29, 1.82) is 0 Å². The minimum absolute atomic E-state index is 0.0888. The molecule has 0 aliphatic heterocycles. The summed E-state index contributed by atoms with van der Waals surface area (Å²) in [5.74, 6) is -2.63. The molecule has 1 aliphatic carbocycles. The largest absolute Gasteiger partial charge is 0.598 e. The van der Waals surface area contributed by atoms with Crippen molar-refractivity contribution < 1.29 is 17.8 Å². The molecule has 0 bridgehead atoms. The first-order chi connectivity index (χ1) is 20.4. The van der Waals surface area contributed by atoms with Crippen molar-refractivity contribution in [3.05, 3.63) is 66.2 Å². The highest BCUT2D eigenvalue weighted by Crippen LogP contribution is 2.48. The van der Waals surface area contributed by atoms with Crippen LogP contribution in [0.5, 0.6) is 0 Å². The Morgan fingerprint density at radius 1 is 1.09 bits per heavy atom. The van der Waals surface area contributed by atoms with E-state index in [1.165, 1.54) is 0 Å². The van der Waals surface area contributed by atoms with Crippen molar-refractivity contribution >= 4 is 30.6 Å². The minimum atomic E-state index is -2.70. The van der Waals surface area contributed by atoms with Crippen LogP contribution in [0.25, 0.3) is 28.1 Å². The van der Waals surface area contributed by atoms with Gasteiger partial charge in [0.15, 0.2) is 8.32 Å². The summed E-state index contributed by atoms with van der Waals surface area (Å²) in [5.41, 5.74) is 3.68. The maximum atomic E-state index is 13.9. The van der Waals surface area contributed by atoms with Crippen LogP contribution in [0.1, 0.15) is 71.8 Å². The van der Waals surface area contributed by atoms with E-state index in [4.69, 9.17) is 14.4 Å². The molecule has 0 amide bonds. The van der Waals surface area contributed by atoms with Crippen LogP contribution in [0.2, 0.25) is 18.1 Å². The first kappa shape index (κ1) is 32.6. The Hall–Kier alpha value is -2.77. The zero-order valence-electron chi connectivity index (χ0n) is 26.7. The highest BCUT2D eigenvalue weighted by molar-refractivity contribution is 7.90. The van der Waals surface area contributed by atoms with Crippen molar-refractivity contribution in [3.63, 3.8) is 0 Å². The number of benzene rings is 1. The predicted molar refractivity (Wildman–Crippen MR) is 173 cm³/mol. The maximum Gasteiger partial charge on any atom is 0.251 e. The zero-order valence-corrected chi connectivity index (χ0v) is 28.5. The molecular formula is C32H42F2N6O2SSi. The molecule has 0 saturated heterocycles. The third kappa shape index (κ3) is 7.04. The molecule has 0 spiro atoms. The van der Waals surface area contributed by atoms with E-state index in [-0.39, 0.29) is 23.8 Å². The summed E-state index contributed by atoms with van der Waals surface area (Å²) in [5, 5.41) is 5.57. The normalized spacial score (nSPS) is 17.4. The lowest BCUT2D eigenvalue weighted by Gasteiger charge is -2.40. The van der Waals surface area contributed by atoms with Crippen LogP contribution in [0.15, 0.2) is 54.9 Å². The lowest BCUT2D eigenvalue weighted by molar-refractivity contribution is -0.118. The Morgan fingerprint density at radius 2 is 1.82 bits per heavy atom. The average molecular weight is 641 g/mol. The van der Waals surface area contributed by atoms with Gasteiger partial charge in [-0.2, -0.15) is 9.78 Å². The van der Waals surface area contributed by atoms with Crippen LogP contribution in [-0.4, -0.2) is 48.3 Å². The number of hydrogen-bond acceptors (Lipinski definition) is 7. The molecule has 8 nitrogen and oxygen atoms in total. The second-order valence-corrected chi connectivity index (χ2v) is 21.0. The van der Waals surface area contributed by atoms with Crippen LogP contribution >= 0.6 is 0 Å². The Morgan fingerprint density at radius 3 is 2.48 bits per heavy atom. The second-order valence-electron chi connectivity index (χ2n) is 14.2. The number of halogens is 2. The SMILES string of the molecule is CC(C)(C)[S+]([O-])NC(c1cccc(-c2ccc3cnn(-c4nccc(CO[Si](C)(C)C(C)(C)C)n4)c3c2)n1)C1CC(F)(F)C1. The van der Waals surface area contributed by atoms with E-state index in [1.807, 2.05) is 63.2 Å². The summed E-state index contributed by atoms with van der Waals surface area (Å²) in [7, 11) is -1.95. The van der Waals surface area contributed by atoms with Crippen LogP contribution < -0.4 is 4.72 Å². The van der Waals surface area contributed by atoms with Gasteiger partial charge in [-0.1, -0.05) is 39.0 Å². The van der Waals surface area contributed by atoms with E-state index in [2.05, 4.69) is 48.7 Å². The van der Waals surface area contributed by atoms with Gasteiger partial charge in [0, 0.05) is 41.4 Å². The van der Waals surface area contributed by atoms with Crippen LogP contribution in [-0.2, 0) is 22.4 Å². The number of pyridine rings is 1. The van der Waals surface area contributed by atoms with Gasteiger partial charge < -0.3 is 8.98 Å². The van der Waals surface area contributed by atoms with Crippen LogP contribution in [0.3, 0.4) is 0 Å². The smallest absolute Gasteiger partial charge is 0.251 e. The summed E-state index contributed by atoms with van der Waals surface area (Å²) in [6.07, 6.45) is 2.96. The first-order valence-electron chi connectivity index (χ1n) is 14.9. The van der Waals surface area contributed by atoms with Gasteiger partial charge in [-0.25, -0.2) is 18.7 Å². The molecule has 1 aromatic carbocycles. The molecular weight excluding hydrogens is 599 g/mol. The number of aromatic nitrogens is 5. The number of rotatable bonds is 9. The second kappa shape index (κ2) is 11.9. The van der Waals surface area contributed by atoms with E-state index in [0.29, 0.717) is 23.9 Å². The van der Waals surface area contributed by atoms with Gasteiger partial charge in [0.05, 0.1) is 41.4 Å². The summed E-state index contributed by atoms with van der Waals surface area (Å²) in [6, 6.07) is 12.7. The fourth-order valence-corrected chi connectivity index (χ4v) is 6.63. The molecule has 1 saturated carbocycles. The van der Waals surface area contributed by atoms with E-state index in [9.17, 15) is 13.3 Å². The number of alkyl halides is 2. The standard InChI is InChI=1S/C32H42F2N6O2SSi/c1-30(2,3)43(41)39-28(23-17-32(33,34)18-23)26-11-9-10-25(38-26)21-12-13-22-19-36-40(27(22)16-21)29-35-15-14-24(37-29)20-42-44(7,8)31(4,5)6/h9-16,19,23,28,39H,17-18,20H2,1-8H3. The molecule has 2 unspecified atom stereocenters. The van der Waals surface area contributed by atoms with Crippen molar-refractivity contribution in [3.8, 4) is 17.2 Å². The van der Waals surface area contributed by atoms with Gasteiger partial charge in [-0.05, 0) is 69.1 Å². The van der Waals surface area contributed by atoms with Gasteiger partial charge in [0.25, 0.3) is 5.95 Å². The number of hydrogen-bond donors (Lipinski definition) is 1. The van der Waals surface area contributed by atoms with Crippen molar-refractivity contribution in [2.45, 2.75) is 95.8 Å². The molecule has 3 aromatic heterocycles. The van der Waals surface area contributed by atoms with Gasteiger partial charge in [-0.3, -0.25) is 4.98 Å². The Kier molecular flexibility index (Phi) is 8.80. The van der Waals surface area contributed by atoms with E-state index < -0.39 is 36.4 Å². The van der Waals surface area contributed by atoms with Crippen LogP contribution in [0.4, 0.5) is 8.78 Å². The first-order valence-corrected chi connectivity index (χ1v) is 19.0. The molecule has 5 rings (SSSR count). The maximum absolute atomic E-state index is 13.9. The third-order valence-electron chi connectivity index (χ3n) is 8.62. The van der Waals surface area contributed by atoms with E-state index in [0.717, 1.165) is 22.2 Å². The molecule has 236 valence electrons. The Bertz CT molecular complexity index is 1630. The molecule has 12 heteroatoms. The van der Waals surface area contributed by atoms with Crippen LogP contribution in [0, 0.1) is 5.92 Å². The van der Waals surface area contributed by atoms with Crippen molar-refractivity contribution in [2.24, 2.45) is 5.92 Å². The highest BCUT2D eigenvalue weighted by Gasteiger charge is 2.51. The molecule has 0 radical (unpaired) electrons. The van der Waals surface area contributed by atoms with E-state index >= 15 is 0 Å². The summed E-state index contributed by atoms with van der Waals surface area (Å²) in [6.45, 7) is 17.0. The summed E-state index contributed by atoms with van der Waals surface area (Å²) >= 11 is -1.45. The molecule has 3 heterocycles.